The Morgan fingerprint density at radius 3 is 2.94 bits per heavy atom. The lowest BCUT2D eigenvalue weighted by atomic mass is 9.80. The Labute approximate surface area is 102 Å². The van der Waals surface area contributed by atoms with Gasteiger partial charge >= 0.3 is 5.97 Å². The molecule has 0 aliphatic heterocycles. The van der Waals surface area contributed by atoms with E-state index in [1.54, 1.807) is 6.20 Å². The van der Waals surface area contributed by atoms with Crippen molar-refractivity contribution in [2.45, 2.75) is 39.0 Å². The summed E-state index contributed by atoms with van der Waals surface area (Å²) in [5, 5.41) is 9.51. The molecular weight excluding hydrogens is 214 g/mol. The van der Waals surface area contributed by atoms with Crippen LogP contribution in [-0.4, -0.2) is 16.1 Å². The van der Waals surface area contributed by atoms with Crippen LogP contribution in [0, 0.1) is 11.3 Å². The minimum atomic E-state index is -0.654. The summed E-state index contributed by atoms with van der Waals surface area (Å²) in [5.74, 6) is -0.0890. The van der Waals surface area contributed by atoms with Crippen LogP contribution in [-0.2, 0) is 11.2 Å². The Kier molecular flexibility index (Phi) is 3.46. The summed E-state index contributed by atoms with van der Waals surface area (Å²) in [6.07, 6.45) is 6.01. The SMILES string of the molecule is CCC1CCC(Cc2ccccn2)(C(=O)O)C1. The van der Waals surface area contributed by atoms with E-state index in [1.165, 1.54) is 0 Å². The summed E-state index contributed by atoms with van der Waals surface area (Å²) < 4.78 is 0. The lowest BCUT2D eigenvalue weighted by Crippen LogP contribution is -2.31. The van der Waals surface area contributed by atoms with Crippen LogP contribution in [0.4, 0.5) is 0 Å². The van der Waals surface area contributed by atoms with Crippen molar-refractivity contribution >= 4 is 5.97 Å². The van der Waals surface area contributed by atoms with E-state index in [1.807, 2.05) is 18.2 Å². The van der Waals surface area contributed by atoms with Crippen molar-refractivity contribution in [2.75, 3.05) is 0 Å². The van der Waals surface area contributed by atoms with Crippen LogP contribution in [0.15, 0.2) is 24.4 Å². The van der Waals surface area contributed by atoms with Gasteiger partial charge in [-0.1, -0.05) is 19.4 Å². The van der Waals surface area contributed by atoms with E-state index in [4.69, 9.17) is 0 Å². The molecule has 0 amide bonds. The highest BCUT2D eigenvalue weighted by atomic mass is 16.4. The molecule has 1 aliphatic rings. The van der Waals surface area contributed by atoms with Crippen molar-refractivity contribution in [2.24, 2.45) is 11.3 Å². The number of rotatable bonds is 4. The van der Waals surface area contributed by atoms with Crippen molar-refractivity contribution < 1.29 is 9.90 Å². The van der Waals surface area contributed by atoms with Gasteiger partial charge in [-0.15, -0.1) is 0 Å². The van der Waals surface area contributed by atoms with Crippen molar-refractivity contribution in [3.05, 3.63) is 30.1 Å². The summed E-state index contributed by atoms with van der Waals surface area (Å²) in [6.45, 7) is 2.14. The van der Waals surface area contributed by atoms with Crippen LogP contribution in [0.2, 0.25) is 0 Å². The van der Waals surface area contributed by atoms with Gasteiger partial charge in [0.2, 0.25) is 0 Å². The van der Waals surface area contributed by atoms with Crippen LogP contribution >= 0.6 is 0 Å². The van der Waals surface area contributed by atoms with Crippen molar-refractivity contribution in [1.82, 2.24) is 4.98 Å². The largest absolute Gasteiger partial charge is 0.481 e. The van der Waals surface area contributed by atoms with Gasteiger partial charge in [0.1, 0.15) is 0 Å². The number of pyridine rings is 1. The maximum atomic E-state index is 11.6. The summed E-state index contributed by atoms with van der Waals surface area (Å²) in [4.78, 5) is 15.8. The predicted octanol–water partition coefficient (Wildman–Crippen LogP) is 2.91. The van der Waals surface area contributed by atoms with E-state index >= 15 is 0 Å². The van der Waals surface area contributed by atoms with Gasteiger partial charge in [-0.3, -0.25) is 9.78 Å². The third-order valence-electron chi connectivity index (χ3n) is 3.99. The first-order chi connectivity index (χ1) is 8.16. The normalized spacial score (nSPS) is 28.2. The molecule has 17 heavy (non-hydrogen) atoms. The first-order valence-electron chi connectivity index (χ1n) is 6.29. The number of aliphatic carboxylic acids is 1. The second-order valence-electron chi connectivity index (χ2n) is 5.10. The molecule has 0 saturated heterocycles. The van der Waals surface area contributed by atoms with E-state index in [0.29, 0.717) is 12.3 Å². The quantitative estimate of drug-likeness (QED) is 0.870. The highest BCUT2D eigenvalue weighted by molar-refractivity contribution is 5.75. The highest BCUT2D eigenvalue weighted by Crippen LogP contribution is 2.45. The molecule has 1 saturated carbocycles. The summed E-state index contributed by atoms with van der Waals surface area (Å²) >= 11 is 0. The number of nitrogens with zero attached hydrogens (tertiary/aromatic N) is 1. The molecule has 3 nitrogen and oxygen atoms in total. The molecule has 92 valence electrons. The number of carboxylic acids is 1. The summed E-state index contributed by atoms with van der Waals surface area (Å²) in [6, 6.07) is 5.70. The number of aromatic nitrogens is 1. The first-order valence-corrected chi connectivity index (χ1v) is 6.29. The van der Waals surface area contributed by atoms with Crippen molar-refractivity contribution in [3.8, 4) is 0 Å². The number of hydrogen-bond acceptors (Lipinski definition) is 2. The van der Waals surface area contributed by atoms with Crippen LogP contribution in [0.1, 0.15) is 38.3 Å². The molecule has 1 aromatic heterocycles. The Hall–Kier alpha value is -1.38. The fraction of sp³-hybridized carbons (Fsp3) is 0.571. The van der Waals surface area contributed by atoms with Gasteiger partial charge in [-0.2, -0.15) is 0 Å². The second kappa shape index (κ2) is 4.86. The van der Waals surface area contributed by atoms with Gasteiger partial charge in [0.05, 0.1) is 5.41 Å². The second-order valence-corrected chi connectivity index (χ2v) is 5.10. The Bertz CT molecular complexity index is 390. The fourth-order valence-corrected chi connectivity index (χ4v) is 2.87. The number of hydrogen-bond donors (Lipinski definition) is 1. The third-order valence-corrected chi connectivity index (χ3v) is 3.99. The highest BCUT2D eigenvalue weighted by Gasteiger charge is 2.45. The maximum absolute atomic E-state index is 11.6. The van der Waals surface area contributed by atoms with Crippen LogP contribution in [0.5, 0.6) is 0 Å². The molecule has 2 rings (SSSR count). The molecule has 2 unspecified atom stereocenters. The van der Waals surface area contributed by atoms with Crippen LogP contribution < -0.4 is 0 Å². The molecule has 1 aliphatic carbocycles. The number of carbonyl (C=O) groups is 1. The predicted molar refractivity (Wildman–Crippen MR) is 65.6 cm³/mol. The van der Waals surface area contributed by atoms with Gasteiger partial charge in [-0.25, -0.2) is 0 Å². The van der Waals surface area contributed by atoms with E-state index < -0.39 is 11.4 Å². The third kappa shape index (κ3) is 2.48. The lowest BCUT2D eigenvalue weighted by molar-refractivity contribution is -0.148. The monoisotopic (exact) mass is 233 g/mol. The molecule has 0 aromatic carbocycles. The van der Waals surface area contributed by atoms with Gasteiger partial charge < -0.3 is 5.11 Å². The van der Waals surface area contributed by atoms with Gasteiger partial charge in [-0.05, 0) is 37.3 Å². The van der Waals surface area contributed by atoms with Gasteiger partial charge in [0.25, 0.3) is 0 Å². The molecular formula is C14H19NO2. The molecule has 0 radical (unpaired) electrons. The van der Waals surface area contributed by atoms with E-state index in [0.717, 1.165) is 31.4 Å². The van der Waals surface area contributed by atoms with E-state index in [-0.39, 0.29) is 0 Å². The average Bonchev–Trinajstić information content (AvgIpc) is 2.75. The molecule has 0 bridgehead atoms. The lowest BCUT2D eigenvalue weighted by Gasteiger charge is -2.23. The van der Waals surface area contributed by atoms with Crippen molar-refractivity contribution in [1.29, 1.82) is 0 Å². The topological polar surface area (TPSA) is 50.2 Å². The summed E-state index contributed by atoms with van der Waals surface area (Å²) in [5.41, 5.74) is 0.321. The van der Waals surface area contributed by atoms with Crippen LogP contribution in [0.3, 0.4) is 0 Å². The molecule has 1 N–H and O–H groups in total. The molecule has 1 heterocycles. The average molecular weight is 233 g/mol. The fourth-order valence-electron chi connectivity index (χ4n) is 2.87. The molecule has 0 spiro atoms. The van der Waals surface area contributed by atoms with Crippen molar-refractivity contribution in [3.63, 3.8) is 0 Å². The molecule has 1 fully saturated rings. The Balaban J connectivity index is 2.17. The zero-order valence-electron chi connectivity index (χ0n) is 10.2. The Morgan fingerprint density at radius 1 is 1.59 bits per heavy atom. The number of carboxylic acid groups (broad SMARTS) is 1. The smallest absolute Gasteiger partial charge is 0.310 e. The minimum Gasteiger partial charge on any atom is -0.481 e. The van der Waals surface area contributed by atoms with Crippen LogP contribution in [0.25, 0.3) is 0 Å². The molecule has 2 atom stereocenters. The first kappa shape index (κ1) is 12.1. The van der Waals surface area contributed by atoms with Gasteiger partial charge in [0, 0.05) is 18.3 Å². The summed E-state index contributed by atoms with van der Waals surface area (Å²) in [7, 11) is 0. The minimum absolute atomic E-state index is 0.565. The van der Waals surface area contributed by atoms with Gasteiger partial charge in [0.15, 0.2) is 0 Å². The molecule has 1 aromatic rings. The van der Waals surface area contributed by atoms with E-state index in [9.17, 15) is 9.90 Å². The zero-order valence-corrected chi connectivity index (χ0v) is 10.2. The zero-order chi connectivity index (χ0) is 12.3. The Morgan fingerprint density at radius 2 is 2.41 bits per heavy atom. The van der Waals surface area contributed by atoms with E-state index in [2.05, 4.69) is 11.9 Å². The maximum Gasteiger partial charge on any atom is 0.310 e. The standard InChI is InChI=1S/C14H19NO2/c1-2-11-6-7-14(9-11,13(16)17)10-12-5-3-4-8-15-12/h3-5,8,11H,2,6-7,9-10H2,1H3,(H,16,17). The molecule has 3 heteroatoms.